The molecule has 3 rings (SSSR count). The Hall–Kier alpha value is -2.12. The van der Waals surface area contributed by atoms with Crippen LogP contribution < -0.4 is 0 Å². The van der Waals surface area contributed by atoms with Gasteiger partial charge in [-0.25, -0.2) is 0 Å². The summed E-state index contributed by atoms with van der Waals surface area (Å²) >= 11 is 0. The highest BCUT2D eigenvalue weighted by atomic mass is 16.2. The maximum Gasteiger partial charge on any atom is 0.233 e. The summed E-state index contributed by atoms with van der Waals surface area (Å²) in [5.41, 5.74) is 1.66. The lowest BCUT2D eigenvalue weighted by atomic mass is 10.1. The Labute approximate surface area is 111 Å². The van der Waals surface area contributed by atoms with Crippen LogP contribution in [0.3, 0.4) is 0 Å². The standard InChI is InChI=1S/C15H13NO3/c17-6-2-5-10-3-1-4-11(7-10)9-16-14(18)12-8-13(12)15(16)19/h1,3-4,7,12-13,17H,6,8-9H2. The van der Waals surface area contributed by atoms with Gasteiger partial charge < -0.3 is 5.11 Å². The van der Waals surface area contributed by atoms with Gasteiger partial charge in [0.05, 0.1) is 18.4 Å². The fraction of sp³-hybridized carbons (Fsp3) is 0.333. The number of aliphatic hydroxyl groups is 1. The number of fused-ring (bicyclic) bond motifs is 1. The Bertz CT molecular complexity index is 591. The SMILES string of the molecule is O=C1C2CC2C(=O)N1Cc1cccc(C#CCO)c1. The molecule has 1 saturated heterocycles. The second kappa shape index (κ2) is 4.52. The molecule has 1 saturated carbocycles. The first-order valence-electron chi connectivity index (χ1n) is 6.24. The van der Waals surface area contributed by atoms with E-state index in [1.165, 1.54) is 4.90 Å². The predicted octanol–water partition coefficient (Wildman–Crippen LogP) is 0.535. The van der Waals surface area contributed by atoms with Gasteiger partial charge in [-0.1, -0.05) is 24.0 Å². The van der Waals surface area contributed by atoms with Crippen LogP contribution in [0.25, 0.3) is 0 Å². The number of hydrogen-bond acceptors (Lipinski definition) is 3. The molecule has 1 aliphatic heterocycles. The fourth-order valence-corrected chi connectivity index (χ4v) is 2.48. The number of carbonyl (C=O) groups excluding carboxylic acids is 2. The number of nitrogens with zero attached hydrogens (tertiary/aromatic N) is 1. The van der Waals surface area contributed by atoms with Crippen LogP contribution in [0, 0.1) is 23.7 Å². The van der Waals surface area contributed by atoms with Gasteiger partial charge in [0.2, 0.25) is 11.8 Å². The van der Waals surface area contributed by atoms with Crippen LogP contribution in [0.15, 0.2) is 24.3 Å². The van der Waals surface area contributed by atoms with Crippen molar-refractivity contribution in [2.45, 2.75) is 13.0 Å². The van der Waals surface area contributed by atoms with Gasteiger partial charge in [0.15, 0.2) is 0 Å². The van der Waals surface area contributed by atoms with E-state index >= 15 is 0 Å². The van der Waals surface area contributed by atoms with E-state index in [-0.39, 0.29) is 30.3 Å². The van der Waals surface area contributed by atoms with Crippen molar-refractivity contribution in [1.29, 1.82) is 0 Å². The first-order valence-corrected chi connectivity index (χ1v) is 6.24. The first-order chi connectivity index (χ1) is 9.20. The van der Waals surface area contributed by atoms with Gasteiger partial charge in [-0.15, -0.1) is 0 Å². The van der Waals surface area contributed by atoms with Gasteiger partial charge in [0, 0.05) is 5.56 Å². The third kappa shape index (κ3) is 2.13. The topological polar surface area (TPSA) is 57.6 Å². The number of rotatable bonds is 2. The van der Waals surface area contributed by atoms with Crippen molar-refractivity contribution in [1.82, 2.24) is 4.90 Å². The van der Waals surface area contributed by atoms with Crippen molar-refractivity contribution in [2.24, 2.45) is 11.8 Å². The van der Waals surface area contributed by atoms with E-state index in [2.05, 4.69) is 11.8 Å². The lowest BCUT2D eigenvalue weighted by Crippen LogP contribution is -2.32. The second-order valence-electron chi connectivity index (χ2n) is 4.87. The molecule has 2 aliphatic rings. The second-order valence-corrected chi connectivity index (χ2v) is 4.87. The van der Waals surface area contributed by atoms with Crippen LogP contribution in [0.1, 0.15) is 17.5 Å². The van der Waals surface area contributed by atoms with Crippen molar-refractivity contribution in [3.63, 3.8) is 0 Å². The Morgan fingerprint density at radius 3 is 2.68 bits per heavy atom. The predicted molar refractivity (Wildman–Crippen MR) is 67.6 cm³/mol. The zero-order valence-electron chi connectivity index (χ0n) is 10.3. The molecule has 2 atom stereocenters. The molecule has 2 unspecified atom stereocenters. The molecule has 2 amide bonds. The summed E-state index contributed by atoms with van der Waals surface area (Å²) in [5, 5.41) is 8.66. The lowest BCUT2D eigenvalue weighted by Gasteiger charge is -2.16. The summed E-state index contributed by atoms with van der Waals surface area (Å²) in [6, 6.07) is 7.38. The maximum atomic E-state index is 11.9. The number of amides is 2. The summed E-state index contributed by atoms with van der Waals surface area (Å²) in [6.45, 7) is 0.135. The highest BCUT2D eigenvalue weighted by Gasteiger charge is 2.58. The third-order valence-electron chi connectivity index (χ3n) is 3.54. The van der Waals surface area contributed by atoms with Crippen LogP contribution in [-0.2, 0) is 16.1 Å². The van der Waals surface area contributed by atoms with E-state index in [1.54, 1.807) is 0 Å². The summed E-state index contributed by atoms with van der Waals surface area (Å²) in [6.07, 6.45) is 0.732. The van der Waals surface area contributed by atoms with E-state index in [4.69, 9.17) is 5.11 Å². The van der Waals surface area contributed by atoms with Crippen molar-refractivity contribution < 1.29 is 14.7 Å². The highest BCUT2D eigenvalue weighted by Crippen LogP contribution is 2.47. The maximum absolute atomic E-state index is 11.9. The number of piperidine rings is 1. The van der Waals surface area contributed by atoms with E-state index < -0.39 is 0 Å². The molecule has 1 N–H and O–H groups in total. The van der Waals surface area contributed by atoms with E-state index in [0.717, 1.165) is 17.5 Å². The normalized spacial score (nSPS) is 23.9. The number of aliphatic hydroxyl groups excluding tert-OH is 1. The van der Waals surface area contributed by atoms with Gasteiger partial charge >= 0.3 is 0 Å². The van der Waals surface area contributed by atoms with Crippen molar-refractivity contribution in [3.05, 3.63) is 35.4 Å². The molecule has 4 nitrogen and oxygen atoms in total. The number of hydrogen-bond donors (Lipinski definition) is 1. The van der Waals surface area contributed by atoms with Gasteiger partial charge in [-0.2, -0.15) is 0 Å². The van der Waals surface area contributed by atoms with E-state index in [0.29, 0.717) is 6.54 Å². The van der Waals surface area contributed by atoms with Crippen molar-refractivity contribution in [2.75, 3.05) is 6.61 Å². The Kier molecular flexibility index (Phi) is 2.84. The van der Waals surface area contributed by atoms with Gasteiger partial charge in [-0.05, 0) is 24.1 Å². The molecule has 1 aromatic rings. The van der Waals surface area contributed by atoms with Crippen LogP contribution in [0.2, 0.25) is 0 Å². The van der Waals surface area contributed by atoms with E-state index in [1.807, 2.05) is 24.3 Å². The van der Waals surface area contributed by atoms with Crippen LogP contribution in [0.4, 0.5) is 0 Å². The van der Waals surface area contributed by atoms with E-state index in [9.17, 15) is 9.59 Å². The minimum Gasteiger partial charge on any atom is -0.384 e. The summed E-state index contributed by atoms with van der Waals surface area (Å²) in [7, 11) is 0. The van der Waals surface area contributed by atoms with Gasteiger partial charge in [-0.3, -0.25) is 14.5 Å². The summed E-state index contributed by atoms with van der Waals surface area (Å²) < 4.78 is 0. The van der Waals surface area contributed by atoms with Gasteiger partial charge in [0.25, 0.3) is 0 Å². The molecule has 1 aromatic carbocycles. The zero-order chi connectivity index (χ0) is 13.4. The lowest BCUT2D eigenvalue weighted by molar-refractivity contribution is -0.142. The number of benzene rings is 1. The molecule has 1 aliphatic carbocycles. The third-order valence-corrected chi connectivity index (χ3v) is 3.54. The molecule has 0 bridgehead atoms. The molecule has 19 heavy (non-hydrogen) atoms. The molecule has 0 spiro atoms. The number of imide groups is 1. The average molecular weight is 255 g/mol. The van der Waals surface area contributed by atoms with Crippen LogP contribution in [0.5, 0.6) is 0 Å². The highest BCUT2D eigenvalue weighted by molar-refractivity contribution is 6.08. The molecule has 96 valence electrons. The number of likely N-dealkylation sites (tertiary alicyclic amines) is 1. The summed E-state index contributed by atoms with van der Waals surface area (Å²) in [4.78, 5) is 25.1. The van der Waals surface area contributed by atoms with Crippen LogP contribution >= 0.6 is 0 Å². The smallest absolute Gasteiger partial charge is 0.233 e. The molecular formula is C15H13NO3. The first kappa shape index (κ1) is 11.9. The quantitative estimate of drug-likeness (QED) is 0.619. The fourth-order valence-electron chi connectivity index (χ4n) is 2.48. The minimum absolute atomic E-state index is 0.0400. The molecule has 1 heterocycles. The molecule has 2 fully saturated rings. The monoisotopic (exact) mass is 255 g/mol. The molecule has 4 heteroatoms. The number of carbonyl (C=O) groups is 2. The van der Waals surface area contributed by atoms with Crippen molar-refractivity contribution in [3.8, 4) is 11.8 Å². The van der Waals surface area contributed by atoms with Crippen molar-refractivity contribution >= 4 is 11.8 Å². The van der Waals surface area contributed by atoms with Crippen LogP contribution in [-0.4, -0.2) is 28.4 Å². The zero-order valence-corrected chi connectivity index (χ0v) is 10.3. The Morgan fingerprint density at radius 1 is 1.26 bits per heavy atom. The molecular weight excluding hydrogens is 242 g/mol. The molecule has 0 radical (unpaired) electrons. The molecule has 0 aromatic heterocycles. The Balaban J connectivity index is 1.77. The largest absolute Gasteiger partial charge is 0.384 e. The average Bonchev–Trinajstić information content (AvgIpc) is 3.17. The van der Waals surface area contributed by atoms with Gasteiger partial charge in [0.1, 0.15) is 6.61 Å². The minimum atomic E-state index is -0.184. The summed E-state index contributed by atoms with van der Waals surface area (Å²) in [5.74, 6) is 5.20. The Morgan fingerprint density at radius 2 is 2.00 bits per heavy atom.